The minimum atomic E-state index is -1.95. The van der Waals surface area contributed by atoms with Crippen molar-refractivity contribution in [2.45, 2.75) is 138 Å². The smallest absolute Gasteiger partial charge is 0.245 e. The molecule has 1 aromatic heterocycles. The fraction of sp³-hybridized carbons (Fsp3) is 0.435. The summed E-state index contributed by atoms with van der Waals surface area (Å²) in [6.07, 6.45) is -2.03. The van der Waals surface area contributed by atoms with Crippen molar-refractivity contribution < 1.29 is 87.5 Å². The van der Waals surface area contributed by atoms with Crippen LogP contribution in [-0.2, 0) is 86.4 Å². The molecule has 1 aliphatic heterocycles. The molecule has 0 spiro atoms. The Morgan fingerprint density at radius 2 is 0.920 bits per heavy atom. The highest BCUT2D eigenvalue weighted by Crippen LogP contribution is 2.24. The SMILES string of the molecule is CC(=O)N[C@H]1CSSCC(C(N)=O)NC(=O)[C@H](C)NC(=O)C(CCC(N)=O)NC(=O)[C@H](CO)NC(=O)C(Cc2ccc(O)cc2)NC(=O)[C@H](CCCNC(=N)N)NC(=O)C(Cc2c[nH]c3ccccc23)NC(=O)[C@H](CO)NC(=O)[C@H](CCC(N)=O)NC(=O)C(Cc2ccc(O)cc2)NC1=O. The van der Waals surface area contributed by atoms with Gasteiger partial charge in [0.2, 0.25) is 82.7 Å². The molecule has 38 heteroatoms. The molecule has 11 atom stereocenters. The van der Waals surface area contributed by atoms with E-state index in [1.54, 1.807) is 24.3 Å². The van der Waals surface area contributed by atoms with Crippen molar-refractivity contribution in [1.29, 1.82) is 5.41 Å². The largest absolute Gasteiger partial charge is 0.508 e. The number of guanidine groups is 1. The topological polar surface area (TPSA) is 608 Å². The van der Waals surface area contributed by atoms with Crippen LogP contribution in [0.15, 0.2) is 79.0 Å². The van der Waals surface area contributed by atoms with Crippen molar-refractivity contribution in [3.05, 3.63) is 95.7 Å². The first-order valence-corrected chi connectivity index (χ1v) is 33.8. The van der Waals surface area contributed by atoms with Gasteiger partial charge in [-0.2, -0.15) is 0 Å². The number of primary amides is 3. The standard InChI is InChI=1S/C62H84N18O18S2/c1-30-52(89)80-47(51(65)88)28-99-100-29-48(71-31(2)83)61(98)76-42(22-32-9-13-35(84)14-10-32)56(93)73-41(18-20-50(64)87)55(92)78-46(27-82)60(97)77-44(24-34-25-69-38-7-4-3-6-37(34)38)58(95)72-39(8-5-21-68-62(66)67)54(91)75-43(23-33-11-15-36(85)16-12-33)57(94)79-45(26-81)59(96)74-40(53(90)70-30)17-19-49(63)86/h3-4,6-7,9-16,25,30,39-48,69,81-82,84-85H,5,8,17-24,26-29H2,1-2H3,(H2,63,86)(H2,64,87)(H2,65,88)(H,70,90)(H,71,83)(H,72,95)(H,73,93)(H,74,96)(H,75,91)(H,76,98)(H,77,97)(H,78,92)(H,79,94)(H,80,89)(H4,66,67,68)/t30-,39-,40?,41-,42?,43?,44?,45-,46-,47?,48-/m0/s1. The van der Waals surface area contributed by atoms with Gasteiger partial charge in [-0.3, -0.25) is 72.5 Å². The number of phenols is 2. The Labute approximate surface area is 579 Å². The lowest BCUT2D eigenvalue weighted by molar-refractivity contribution is -0.136. The number of nitrogens with two attached hydrogens (primary N) is 4. The van der Waals surface area contributed by atoms with E-state index in [9.17, 15) is 87.5 Å². The maximum absolute atomic E-state index is 15.0. The Hall–Kier alpha value is -10.7. The quantitative estimate of drug-likeness (QED) is 0.0169. The van der Waals surface area contributed by atoms with Gasteiger partial charge in [0, 0.05) is 74.2 Å². The number of carbonyl (C=O) groups is 14. The monoisotopic (exact) mass is 1430 g/mol. The molecular formula is C62H84N18O18S2. The molecule has 1 aliphatic rings. The molecule has 0 saturated carbocycles. The van der Waals surface area contributed by atoms with Crippen LogP contribution in [0.5, 0.6) is 11.5 Å². The third-order valence-electron chi connectivity index (χ3n) is 15.3. The van der Waals surface area contributed by atoms with Gasteiger partial charge in [-0.05, 0) is 79.6 Å². The molecule has 5 rings (SSSR count). The number of phenolic OH excluding ortho intramolecular Hbond substituents is 2. The molecule has 100 heavy (non-hydrogen) atoms. The number of aliphatic hydroxyl groups is 2. The highest BCUT2D eigenvalue weighted by Gasteiger charge is 2.37. The van der Waals surface area contributed by atoms with E-state index < -0.39 is 200 Å². The fourth-order valence-electron chi connectivity index (χ4n) is 9.89. The number of nitrogens with one attached hydrogen (secondary N) is 14. The Balaban J connectivity index is 1.61. The second-order valence-corrected chi connectivity index (χ2v) is 25.7. The Bertz CT molecular complexity index is 3600. The number of hydrogen-bond donors (Lipinski definition) is 22. The molecule has 1 fully saturated rings. The number of amides is 14. The summed E-state index contributed by atoms with van der Waals surface area (Å²) in [7, 11) is 1.77. The van der Waals surface area contributed by atoms with E-state index in [0.29, 0.717) is 27.6 Å². The number of carbonyl (C=O) groups excluding carboxylic acids is 14. The maximum atomic E-state index is 15.0. The number of aromatic nitrogens is 1. The molecule has 36 nitrogen and oxygen atoms in total. The van der Waals surface area contributed by atoms with Gasteiger partial charge in [0.1, 0.15) is 78.0 Å². The number of H-pyrrole nitrogens is 1. The summed E-state index contributed by atoms with van der Waals surface area (Å²) in [5.41, 5.74) is 23.7. The molecule has 26 N–H and O–H groups in total. The second kappa shape index (κ2) is 39.6. The minimum Gasteiger partial charge on any atom is -0.508 e. The van der Waals surface area contributed by atoms with E-state index in [1.165, 1.54) is 61.7 Å². The summed E-state index contributed by atoms with van der Waals surface area (Å²) in [4.78, 5) is 196. The van der Waals surface area contributed by atoms with Crippen molar-refractivity contribution in [3.63, 3.8) is 0 Å². The van der Waals surface area contributed by atoms with Gasteiger partial charge < -0.3 is 112 Å². The molecule has 4 aromatic rings. The van der Waals surface area contributed by atoms with E-state index in [1.807, 2.05) is 0 Å². The number of benzene rings is 3. The minimum absolute atomic E-state index is 0.0211. The lowest BCUT2D eigenvalue weighted by Crippen LogP contribution is -2.62. The zero-order valence-electron chi connectivity index (χ0n) is 54.4. The highest BCUT2D eigenvalue weighted by molar-refractivity contribution is 8.76. The fourth-order valence-corrected chi connectivity index (χ4v) is 12.2. The predicted molar refractivity (Wildman–Crippen MR) is 362 cm³/mol. The number of fused-ring (bicyclic) bond motifs is 1. The van der Waals surface area contributed by atoms with Crippen LogP contribution in [0.3, 0.4) is 0 Å². The molecule has 0 aliphatic carbocycles. The van der Waals surface area contributed by atoms with E-state index in [-0.39, 0.29) is 55.2 Å². The first-order valence-electron chi connectivity index (χ1n) is 31.3. The summed E-state index contributed by atoms with van der Waals surface area (Å²) < 4.78 is 0. The van der Waals surface area contributed by atoms with Gasteiger partial charge in [0.05, 0.1) is 13.2 Å². The van der Waals surface area contributed by atoms with Crippen molar-refractivity contribution in [2.24, 2.45) is 22.9 Å². The zero-order valence-corrected chi connectivity index (χ0v) is 56.0. The van der Waals surface area contributed by atoms with Crippen LogP contribution in [0.4, 0.5) is 0 Å². The predicted octanol–water partition coefficient (Wildman–Crippen LogP) is -6.36. The Kier molecular flexibility index (Phi) is 31.7. The summed E-state index contributed by atoms with van der Waals surface area (Å²) in [5.74, 6) is -16.2. The van der Waals surface area contributed by atoms with Crippen LogP contribution in [-0.4, -0.2) is 212 Å². The second-order valence-electron chi connectivity index (χ2n) is 23.2. The zero-order chi connectivity index (χ0) is 73.8. The van der Waals surface area contributed by atoms with Crippen molar-refractivity contribution in [1.82, 2.24) is 68.8 Å². The van der Waals surface area contributed by atoms with Crippen LogP contribution < -0.4 is 86.7 Å². The molecule has 542 valence electrons. The first-order chi connectivity index (χ1) is 47.4. The van der Waals surface area contributed by atoms with Gasteiger partial charge in [-0.15, -0.1) is 0 Å². The normalized spacial score (nSPS) is 23.5. The van der Waals surface area contributed by atoms with Crippen molar-refractivity contribution in [3.8, 4) is 11.5 Å². The van der Waals surface area contributed by atoms with Crippen LogP contribution in [0.25, 0.3) is 10.9 Å². The lowest BCUT2D eigenvalue weighted by Gasteiger charge is -2.28. The first kappa shape index (κ1) is 80.0. The molecule has 0 bridgehead atoms. The van der Waals surface area contributed by atoms with E-state index in [4.69, 9.17) is 28.3 Å². The number of aromatic hydroxyl groups is 2. The average Bonchev–Trinajstić information content (AvgIpc) is 1.69. The molecule has 14 amide bonds. The lowest BCUT2D eigenvalue weighted by atomic mass is 10.0. The molecular weight excluding hydrogens is 1350 g/mol. The van der Waals surface area contributed by atoms with Crippen molar-refractivity contribution >= 4 is 121 Å². The number of hydrogen-bond acceptors (Lipinski definition) is 21. The number of aromatic amines is 1. The third kappa shape index (κ3) is 26.3. The van der Waals surface area contributed by atoms with E-state index in [0.717, 1.165) is 28.5 Å². The van der Waals surface area contributed by atoms with Crippen molar-refractivity contribution in [2.75, 3.05) is 31.3 Å². The Morgan fingerprint density at radius 1 is 0.510 bits per heavy atom. The Morgan fingerprint density at radius 3 is 1.38 bits per heavy atom. The average molecular weight is 1430 g/mol. The molecule has 3 aromatic carbocycles. The molecule has 5 unspecified atom stereocenters. The van der Waals surface area contributed by atoms with Gasteiger partial charge in [-0.25, -0.2) is 0 Å². The van der Waals surface area contributed by atoms with Crippen LogP contribution in [0.2, 0.25) is 0 Å². The van der Waals surface area contributed by atoms with Crippen LogP contribution in [0.1, 0.15) is 69.1 Å². The summed E-state index contributed by atoms with van der Waals surface area (Å²) in [5, 5.41) is 79.2. The van der Waals surface area contributed by atoms with Gasteiger partial charge in [-0.1, -0.05) is 64.1 Å². The van der Waals surface area contributed by atoms with Gasteiger partial charge in [0.25, 0.3) is 0 Å². The van der Waals surface area contributed by atoms with Crippen LogP contribution in [0, 0.1) is 5.41 Å². The number of aliphatic hydroxyl groups excluding tert-OH is 2. The van der Waals surface area contributed by atoms with Gasteiger partial charge in [0.15, 0.2) is 5.96 Å². The molecule has 1 saturated heterocycles. The highest BCUT2D eigenvalue weighted by atomic mass is 33.1. The third-order valence-corrected chi connectivity index (χ3v) is 17.7. The van der Waals surface area contributed by atoms with Crippen LogP contribution >= 0.6 is 21.6 Å². The van der Waals surface area contributed by atoms with E-state index in [2.05, 4.69) is 68.8 Å². The van der Waals surface area contributed by atoms with E-state index >= 15 is 0 Å². The van der Waals surface area contributed by atoms with Gasteiger partial charge >= 0.3 is 0 Å². The molecule has 2 heterocycles. The summed E-state index contributed by atoms with van der Waals surface area (Å²) in [6, 6.07) is -0.999. The number of para-hydroxylation sites is 1. The number of rotatable bonds is 20. The summed E-state index contributed by atoms with van der Waals surface area (Å²) in [6.45, 7) is -0.113. The summed E-state index contributed by atoms with van der Waals surface area (Å²) >= 11 is 0. The molecule has 0 radical (unpaired) electrons. The maximum Gasteiger partial charge on any atom is 0.245 e.